The second-order valence-corrected chi connectivity index (χ2v) is 5.64. The molecule has 0 N–H and O–H groups in total. The van der Waals surface area contributed by atoms with Gasteiger partial charge in [0.15, 0.2) is 0 Å². The van der Waals surface area contributed by atoms with Crippen molar-refractivity contribution < 1.29 is 4.79 Å². The third-order valence-corrected chi connectivity index (χ3v) is 3.86. The first-order valence-electron chi connectivity index (χ1n) is 7.22. The van der Waals surface area contributed by atoms with Crippen LogP contribution in [0, 0.1) is 0 Å². The summed E-state index contributed by atoms with van der Waals surface area (Å²) >= 11 is 0. The minimum absolute atomic E-state index is 0.122. The van der Waals surface area contributed by atoms with Crippen molar-refractivity contribution in [3.8, 4) is 0 Å². The van der Waals surface area contributed by atoms with Gasteiger partial charge in [0, 0.05) is 25.8 Å². The van der Waals surface area contributed by atoms with Gasteiger partial charge in [-0.2, -0.15) is 0 Å². The molecule has 1 aliphatic heterocycles. The lowest BCUT2D eigenvalue weighted by Gasteiger charge is -2.31. The van der Waals surface area contributed by atoms with E-state index in [0.717, 1.165) is 31.6 Å². The predicted octanol–water partition coefficient (Wildman–Crippen LogP) is 3.85. The van der Waals surface area contributed by atoms with Crippen LogP contribution in [0.2, 0.25) is 0 Å². The summed E-state index contributed by atoms with van der Waals surface area (Å²) in [6, 6.07) is 8.42. The van der Waals surface area contributed by atoms with E-state index in [1.165, 1.54) is 12.0 Å². The molecule has 0 atom stereocenters. The van der Waals surface area contributed by atoms with Crippen LogP contribution >= 0.6 is 0 Å². The summed E-state index contributed by atoms with van der Waals surface area (Å²) in [5.41, 5.74) is 2.28. The number of carbonyl (C=O) groups is 1. The Labute approximate surface area is 116 Å². The van der Waals surface area contributed by atoms with Gasteiger partial charge < -0.3 is 4.90 Å². The molecule has 0 spiro atoms. The Kier molecular flexibility index (Phi) is 4.46. The molecule has 1 aromatic rings. The number of carbonyl (C=O) groups excluding carboxylic acids is 1. The fourth-order valence-electron chi connectivity index (χ4n) is 2.49. The lowest BCUT2D eigenvalue weighted by Crippen LogP contribution is -2.43. The van der Waals surface area contributed by atoms with Crippen LogP contribution in [0.25, 0.3) is 0 Å². The molecule has 104 valence electrons. The van der Waals surface area contributed by atoms with Gasteiger partial charge in [0.05, 0.1) is 0 Å². The van der Waals surface area contributed by atoms with Gasteiger partial charge in [0.25, 0.3) is 0 Å². The van der Waals surface area contributed by atoms with Crippen LogP contribution in [-0.2, 0) is 0 Å². The molecular formula is C16H24N2O. The Balaban J connectivity index is 2.05. The number of rotatable bonds is 2. The maximum atomic E-state index is 12.4. The molecule has 2 rings (SSSR count). The zero-order valence-electron chi connectivity index (χ0n) is 12.2. The fraction of sp³-hybridized carbons (Fsp3) is 0.562. The number of hydrogen-bond donors (Lipinski definition) is 0. The Bertz CT molecular complexity index is 419. The normalized spacial score (nSPS) is 15.7. The molecule has 3 heteroatoms. The van der Waals surface area contributed by atoms with E-state index in [2.05, 4.69) is 26.0 Å². The topological polar surface area (TPSA) is 23.6 Å². The second kappa shape index (κ2) is 6.09. The molecule has 0 saturated carbocycles. The van der Waals surface area contributed by atoms with Gasteiger partial charge >= 0.3 is 6.03 Å². The molecular weight excluding hydrogens is 236 g/mol. The van der Waals surface area contributed by atoms with E-state index < -0.39 is 0 Å². The van der Waals surface area contributed by atoms with Gasteiger partial charge in [0.1, 0.15) is 0 Å². The number of nitrogens with zero attached hydrogens (tertiary/aromatic N) is 2. The summed E-state index contributed by atoms with van der Waals surface area (Å²) in [4.78, 5) is 16.1. The highest BCUT2D eigenvalue weighted by atomic mass is 16.2. The van der Waals surface area contributed by atoms with Crippen molar-refractivity contribution in [3.05, 3.63) is 29.8 Å². The summed E-state index contributed by atoms with van der Waals surface area (Å²) in [6.45, 7) is 6.15. The van der Waals surface area contributed by atoms with Crippen molar-refractivity contribution in [2.24, 2.45) is 0 Å². The summed E-state index contributed by atoms with van der Waals surface area (Å²) in [7, 11) is 1.86. The zero-order valence-corrected chi connectivity index (χ0v) is 12.2. The largest absolute Gasteiger partial charge is 0.324 e. The lowest BCUT2D eigenvalue weighted by atomic mass is 10.0. The van der Waals surface area contributed by atoms with Crippen LogP contribution in [0.5, 0.6) is 0 Å². The Morgan fingerprint density at radius 3 is 2.21 bits per heavy atom. The van der Waals surface area contributed by atoms with Crippen LogP contribution < -0.4 is 4.90 Å². The van der Waals surface area contributed by atoms with Crippen LogP contribution in [0.15, 0.2) is 24.3 Å². The van der Waals surface area contributed by atoms with Crippen LogP contribution in [-0.4, -0.2) is 31.1 Å². The molecule has 19 heavy (non-hydrogen) atoms. The van der Waals surface area contributed by atoms with Crippen molar-refractivity contribution in [1.82, 2.24) is 4.90 Å². The van der Waals surface area contributed by atoms with Crippen molar-refractivity contribution in [3.63, 3.8) is 0 Å². The van der Waals surface area contributed by atoms with E-state index in [4.69, 9.17) is 0 Å². The minimum Gasteiger partial charge on any atom is -0.324 e. The summed E-state index contributed by atoms with van der Waals surface area (Å²) in [5, 5.41) is 0. The molecule has 1 fully saturated rings. The average Bonchev–Trinajstić information content (AvgIpc) is 2.46. The maximum Gasteiger partial charge on any atom is 0.324 e. The van der Waals surface area contributed by atoms with E-state index in [0.29, 0.717) is 5.92 Å². The third-order valence-electron chi connectivity index (χ3n) is 3.86. The lowest BCUT2D eigenvalue weighted by molar-refractivity contribution is 0.194. The minimum atomic E-state index is 0.122. The fourth-order valence-corrected chi connectivity index (χ4v) is 2.49. The molecule has 0 radical (unpaired) electrons. The molecule has 1 heterocycles. The first-order valence-corrected chi connectivity index (χ1v) is 7.22. The van der Waals surface area contributed by atoms with Crippen LogP contribution in [0.4, 0.5) is 10.5 Å². The van der Waals surface area contributed by atoms with Crippen molar-refractivity contribution in [2.45, 2.75) is 39.0 Å². The quantitative estimate of drug-likeness (QED) is 0.792. The zero-order chi connectivity index (χ0) is 13.8. The van der Waals surface area contributed by atoms with Crippen molar-refractivity contribution >= 4 is 11.7 Å². The van der Waals surface area contributed by atoms with E-state index in [1.54, 1.807) is 4.90 Å². The standard InChI is InChI=1S/C16H24N2O/c1-13(2)14-7-9-15(10-8-14)17(3)16(19)18-11-5-4-6-12-18/h7-10,13H,4-6,11-12H2,1-3H3. The molecule has 2 amide bonds. The smallest absolute Gasteiger partial charge is 0.324 e. The number of amides is 2. The van der Waals surface area contributed by atoms with Gasteiger partial charge in [-0.3, -0.25) is 4.90 Å². The Morgan fingerprint density at radius 1 is 1.11 bits per heavy atom. The molecule has 0 bridgehead atoms. The molecule has 0 aromatic heterocycles. The highest BCUT2D eigenvalue weighted by Gasteiger charge is 2.20. The van der Waals surface area contributed by atoms with E-state index >= 15 is 0 Å². The number of likely N-dealkylation sites (tertiary alicyclic amines) is 1. The number of urea groups is 1. The van der Waals surface area contributed by atoms with Gasteiger partial charge in [0.2, 0.25) is 0 Å². The molecule has 0 aliphatic carbocycles. The van der Waals surface area contributed by atoms with Crippen molar-refractivity contribution in [1.29, 1.82) is 0 Å². The van der Waals surface area contributed by atoms with E-state index in [9.17, 15) is 4.79 Å². The first-order chi connectivity index (χ1) is 9.09. The van der Waals surface area contributed by atoms with Gasteiger partial charge in [-0.05, 0) is 42.9 Å². The molecule has 1 aliphatic rings. The Morgan fingerprint density at radius 2 is 1.68 bits per heavy atom. The monoisotopic (exact) mass is 260 g/mol. The number of hydrogen-bond acceptors (Lipinski definition) is 1. The molecule has 1 saturated heterocycles. The van der Waals surface area contributed by atoms with Gasteiger partial charge in [-0.25, -0.2) is 4.79 Å². The first kappa shape index (κ1) is 13.9. The highest BCUT2D eigenvalue weighted by molar-refractivity contribution is 5.91. The average molecular weight is 260 g/mol. The van der Waals surface area contributed by atoms with E-state index in [1.807, 2.05) is 24.1 Å². The predicted molar refractivity (Wildman–Crippen MR) is 79.8 cm³/mol. The summed E-state index contributed by atoms with van der Waals surface area (Å²) in [6.07, 6.45) is 3.51. The van der Waals surface area contributed by atoms with Crippen molar-refractivity contribution in [2.75, 3.05) is 25.0 Å². The SMILES string of the molecule is CC(C)c1ccc(N(C)C(=O)N2CCCCC2)cc1. The summed E-state index contributed by atoms with van der Waals surface area (Å²) < 4.78 is 0. The van der Waals surface area contributed by atoms with Crippen LogP contribution in [0.1, 0.15) is 44.6 Å². The highest BCUT2D eigenvalue weighted by Crippen LogP contribution is 2.21. The van der Waals surface area contributed by atoms with E-state index in [-0.39, 0.29) is 6.03 Å². The molecule has 3 nitrogen and oxygen atoms in total. The van der Waals surface area contributed by atoms with Gasteiger partial charge in [-0.15, -0.1) is 0 Å². The van der Waals surface area contributed by atoms with Gasteiger partial charge in [-0.1, -0.05) is 26.0 Å². The number of piperidine rings is 1. The van der Waals surface area contributed by atoms with Crippen LogP contribution in [0.3, 0.4) is 0 Å². The molecule has 0 unspecified atom stereocenters. The maximum absolute atomic E-state index is 12.4. The molecule has 1 aromatic carbocycles. The number of anilines is 1. The summed E-state index contributed by atoms with van der Waals surface area (Å²) in [5.74, 6) is 0.525. The Hall–Kier alpha value is -1.51. The third kappa shape index (κ3) is 3.28. The number of benzene rings is 1. The second-order valence-electron chi connectivity index (χ2n) is 5.64.